The van der Waals surface area contributed by atoms with Gasteiger partial charge in [0, 0.05) is 0 Å². The van der Waals surface area contributed by atoms with Crippen molar-refractivity contribution in [2.45, 2.75) is 104 Å². The Hall–Kier alpha value is 1.03. The average molecular weight is 484 g/mol. The van der Waals surface area contributed by atoms with Crippen LogP contribution >= 0.6 is 25.1 Å². The summed E-state index contributed by atoms with van der Waals surface area (Å²) in [6, 6.07) is 12.2. The molecule has 0 aromatic heterocycles. The van der Waals surface area contributed by atoms with Crippen molar-refractivity contribution < 1.29 is 6.51 Å². The van der Waals surface area contributed by atoms with Gasteiger partial charge in [-0.2, -0.15) is 0 Å². The summed E-state index contributed by atoms with van der Waals surface area (Å²) < 4.78 is 3.07. The van der Waals surface area contributed by atoms with E-state index in [0.29, 0.717) is 0 Å². The van der Waals surface area contributed by atoms with Gasteiger partial charge in [0.2, 0.25) is 0 Å². The predicted molar refractivity (Wildman–Crippen MR) is 129 cm³/mol. The van der Waals surface area contributed by atoms with Gasteiger partial charge in [-0.1, -0.05) is 0 Å². The standard InChI is InChI=1S/C20H30P3.C5H5.Fe/c1-14(2)21-18-12-13-19(20(18)22-15(3)4)23(16(5)6)17-10-8-7-9-11-17;1-2-4-5-3-1;/h7-16,21-22H,1-6H3;1-5H;. The zero-order chi connectivity index (χ0) is 19.7. The Labute approximate surface area is 171 Å². The van der Waals surface area contributed by atoms with Gasteiger partial charge in [0.1, 0.15) is 0 Å². The zero-order valence-electron chi connectivity index (χ0n) is 18.5. The maximum atomic E-state index is 2.65. The van der Waals surface area contributed by atoms with Crippen LogP contribution in [0.1, 0.15) is 41.5 Å². The van der Waals surface area contributed by atoms with Crippen LogP contribution in [0.15, 0.2) is 30.3 Å². The Morgan fingerprint density at radius 3 is 1.79 bits per heavy atom. The molecular weight excluding hydrogens is 449 g/mol. The molecule has 8 atom stereocenters. The van der Waals surface area contributed by atoms with Crippen molar-refractivity contribution in [3.05, 3.63) is 30.3 Å². The van der Waals surface area contributed by atoms with E-state index in [1.54, 1.807) is 0 Å². The molecule has 10 fully saturated rings. The van der Waals surface area contributed by atoms with Crippen LogP contribution in [0.25, 0.3) is 0 Å². The molecule has 10 heterocycles. The van der Waals surface area contributed by atoms with Crippen LogP contribution in [0.5, 0.6) is 0 Å². The summed E-state index contributed by atoms with van der Waals surface area (Å²) in [5.74, 6) is 0. The topological polar surface area (TPSA) is 0 Å². The molecule has 0 N–H and O–H groups in total. The van der Waals surface area contributed by atoms with Crippen molar-refractivity contribution in [2.75, 3.05) is 0 Å². The Morgan fingerprint density at radius 2 is 1.34 bits per heavy atom. The monoisotopic (exact) mass is 484 g/mol. The van der Waals surface area contributed by atoms with Crippen LogP contribution in [0, 0.1) is 0 Å². The van der Waals surface area contributed by atoms with Crippen molar-refractivity contribution >= 4 is 30.4 Å². The zero-order valence-corrected chi connectivity index (χ0v) is 22.5. The van der Waals surface area contributed by atoms with Crippen molar-refractivity contribution in [2.24, 2.45) is 0 Å². The quantitative estimate of drug-likeness (QED) is 0.278. The van der Waals surface area contributed by atoms with Crippen molar-refractivity contribution in [1.82, 2.24) is 0 Å². The fourth-order valence-electron chi connectivity index (χ4n) is 20.5. The first-order valence-electron chi connectivity index (χ1n) is 12.2. The number of hydrogen-bond acceptors (Lipinski definition) is 0. The van der Waals surface area contributed by atoms with Gasteiger partial charge in [-0.15, -0.1) is 0 Å². The number of rotatable bonds is 7. The molecule has 10 aliphatic heterocycles. The molecule has 1 aromatic rings. The summed E-state index contributed by atoms with van der Waals surface area (Å²) in [7, 11) is 2.77. The third-order valence-corrected chi connectivity index (χ3v) is 80.9. The van der Waals surface area contributed by atoms with Gasteiger partial charge in [0.15, 0.2) is 0 Å². The van der Waals surface area contributed by atoms with E-state index in [0.717, 1.165) is 29.1 Å². The van der Waals surface area contributed by atoms with Gasteiger partial charge in [0.25, 0.3) is 0 Å². The summed E-state index contributed by atoms with van der Waals surface area (Å²) in [5, 5.41) is 1.83. The molecule has 4 heteroatoms. The first-order valence-corrected chi connectivity index (χ1v) is 21.9. The SMILES string of the molecule is CC(C)P[C]12[CH]3[CH]4[C]5(P(c6ccccc6)C(C)C)[C]1(PC(C)C)[Fe]34251678[CH]2[CH]1[CH]6[CH]7[CH]28. The van der Waals surface area contributed by atoms with E-state index >= 15 is 0 Å². The molecule has 0 nitrogen and oxygen atoms in total. The summed E-state index contributed by atoms with van der Waals surface area (Å²) in [6.45, 7) is 12.2. The second-order valence-corrected chi connectivity index (χ2v) is 46.8. The summed E-state index contributed by atoms with van der Waals surface area (Å²) in [4.78, 5) is 9.97. The van der Waals surface area contributed by atoms with Crippen LogP contribution in [0.2, 0.25) is 33.7 Å². The number of hydrogen-bond donors (Lipinski definition) is 0. The maximum absolute atomic E-state index is 3.50. The van der Waals surface area contributed by atoms with Gasteiger partial charge in [-0.05, 0) is 0 Å². The third-order valence-electron chi connectivity index (χ3n) is 17.9. The van der Waals surface area contributed by atoms with Gasteiger partial charge in [-0.25, -0.2) is 0 Å². The van der Waals surface area contributed by atoms with E-state index in [-0.39, 0.29) is 7.92 Å². The second kappa shape index (κ2) is 1.99. The molecule has 0 bridgehead atoms. The second-order valence-electron chi connectivity index (χ2n) is 15.2. The van der Waals surface area contributed by atoms with E-state index in [1.807, 2.05) is 5.30 Å². The molecule has 10 aliphatic rings. The van der Waals surface area contributed by atoms with Crippen molar-refractivity contribution in [3.8, 4) is 0 Å². The van der Waals surface area contributed by atoms with Crippen LogP contribution < -0.4 is 5.30 Å². The molecule has 0 saturated carbocycles. The fourth-order valence-corrected chi connectivity index (χ4v) is 140. The predicted octanol–water partition coefficient (Wildman–Crippen LogP) is 7.49. The fraction of sp³-hybridized carbons (Fsp3) is 0.760. The molecule has 1 aromatic carbocycles. The molecule has 1 spiro atoms. The van der Waals surface area contributed by atoms with Crippen LogP contribution in [0.3, 0.4) is 0 Å². The van der Waals surface area contributed by atoms with Gasteiger partial charge < -0.3 is 0 Å². The first-order chi connectivity index (χ1) is 13.6. The van der Waals surface area contributed by atoms with Gasteiger partial charge in [0.05, 0.1) is 0 Å². The van der Waals surface area contributed by atoms with E-state index < -0.39 is 6.51 Å². The molecule has 10 saturated heterocycles. The van der Waals surface area contributed by atoms with Crippen molar-refractivity contribution in [1.29, 1.82) is 0 Å². The number of fused-ring (bicyclic) bond motifs is 10. The summed E-state index contributed by atoms with van der Waals surface area (Å²) >= 11 is 0. The molecule has 158 valence electrons. The Bertz CT molecular complexity index is 1450. The first kappa shape index (κ1) is 15.8. The number of benzene rings is 1. The van der Waals surface area contributed by atoms with Gasteiger partial charge in [-0.3, -0.25) is 0 Å². The minimum atomic E-state index is -3.50. The van der Waals surface area contributed by atoms with E-state index in [2.05, 4.69) is 71.9 Å². The molecule has 29 heavy (non-hydrogen) atoms. The minimum absolute atomic E-state index is 0.0432. The normalized spacial score (nSPS) is 82.4. The van der Waals surface area contributed by atoms with Crippen LogP contribution in [0.4, 0.5) is 0 Å². The van der Waals surface area contributed by atoms with Crippen LogP contribution in [-0.4, -0.2) is 29.1 Å². The molecule has 11 rings (SSSR count). The molecular formula is C25H35FeP3. The molecule has 8 unspecified atom stereocenters. The summed E-state index contributed by atoms with van der Waals surface area (Å²) in [5.41, 5.74) is 2.84. The Morgan fingerprint density at radius 1 is 0.793 bits per heavy atom. The molecule has 0 radical (unpaired) electrons. The van der Waals surface area contributed by atoms with Gasteiger partial charge >= 0.3 is 172 Å². The van der Waals surface area contributed by atoms with Crippen molar-refractivity contribution in [3.63, 3.8) is 0 Å². The van der Waals surface area contributed by atoms with Crippen LogP contribution in [-0.2, 0) is 6.51 Å². The average Bonchev–Trinajstić information content (AvgIpc) is 3.60. The molecule has 0 amide bonds. The van der Waals surface area contributed by atoms with E-state index in [1.165, 1.54) is 50.9 Å². The third kappa shape index (κ3) is 0.282. The Kier molecular flexibility index (Phi) is 1.08. The van der Waals surface area contributed by atoms with E-state index in [9.17, 15) is 0 Å². The Balaban J connectivity index is 1.31. The molecule has 0 aliphatic carbocycles. The van der Waals surface area contributed by atoms with E-state index in [4.69, 9.17) is 0 Å². The summed E-state index contributed by atoms with van der Waals surface area (Å²) in [6.07, 6.45) is 0.